The van der Waals surface area contributed by atoms with E-state index in [2.05, 4.69) is 21.2 Å². The van der Waals surface area contributed by atoms with Gasteiger partial charge in [0.25, 0.3) is 5.91 Å². The van der Waals surface area contributed by atoms with Gasteiger partial charge in [-0.15, -0.1) is 0 Å². The number of sulfonamides is 1. The molecule has 0 saturated heterocycles. The summed E-state index contributed by atoms with van der Waals surface area (Å²) in [5, 5.41) is 2.59. The first-order chi connectivity index (χ1) is 10.7. The van der Waals surface area contributed by atoms with Gasteiger partial charge in [0, 0.05) is 24.3 Å². The maximum Gasteiger partial charge on any atom is 0.256 e. The zero-order valence-electron chi connectivity index (χ0n) is 12.4. The smallest absolute Gasteiger partial charge is 0.256 e. The van der Waals surface area contributed by atoms with Crippen LogP contribution in [0.25, 0.3) is 0 Å². The fraction of sp³-hybridized carbons (Fsp3) is 0.133. The van der Waals surface area contributed by atoms with Gasteiger partial charge < -0.3 is 5.32 Å². The summed E-state index contributed by atoms with van der Waals surface area (Å²) >= 11 is 3.19. The van der Waals surface area contributed by atoms with Crippen LogP contribution < -0.4 is 5.32 Å². The predicted octanol–water partition coefficient (Wildman–Crippen LogP) is 3.09. The number of hydrogen-bond donors (Lipinski definition) is 1. The molecule has 0 aliphatic heterocycles. The van der Waals surface area contributed by atoms with Crippen molar-refractivity contribution < 1.29 is 17.6 Å². The van der Waals surface area contributed by atoms with Crippen LogP contribution in [0.4, 0.5) is 10.1 Å². The van der Waals surface area contributed by atoms with Crippen molar-refractivity contribution >= 4 is 37.5 Å². The Labute approximate surface area is 142 Å². The van der Waals surface area contributed by atoms with Gasteiger partial charge in [-0.3, -0.25) is 4.79 Å². The van der Waals surface area contributed by atoms with Crippen LogP contribution >= 0.6 is 15.9 Å². The van der Waals surface area contributed by atoms with Crippen LogP contribution in [0.15, 0.2) is 51.8 Å². The molecule has 1 amide bonds. The van der Waals surface area contributed by atoms with Gasteiger partial charge in [-0.05, 0) is 58.4 Å². The Morgan fingerprint density at radius 1 is 1.13 bits per heavy atom. The molecular formula is C15H14BrFN2O3S. The van der Waals surface area contributed by atoms with Crippen molar-refractivity contribution in [2.45, 2.75) is 4.90 Å². The summed E-state index contributed by atoms with van der Waals surface area (Å²) < 4.78 is 38.7. The van der Waals surface area contributed by atoms with Gasteiger partial charge in [-0.2, -0.15) is 0 Å². The molecule has 2 rings (SSSR count). The fourth-order valence-electron chi connectivity index (χ4n) is 1.79. The minimum Gasteiger partial charge on any atom is -0.322 e. The highest BCUT2D eigenvalue weighted by Crippen LogP contribution is 2.21. The van der Waals surface area contributed by atoms with E-state index in [-0.39, 0.29) is 10.5 Å². The monoisotopic (exact) mass is 400 g/mol. The van der Waals surface area contributed by atoms with Crippen LogP contribution in [0.5, 0.6) is 0 Å². The number of nitrogens with zero attached hydrogens (tertiary/aromatic N) is 1. The van der Waals surface area contributed by atoms with Crippen molar-refractivity contribution in [3.05, 3.63) is 58.3 Å². The second kappa shape index (κ2) is 6.77. The van der Waals surface area contributed by atoms with Gasteiger partial charge in [0.05, 0.1) is 10.5 Å². The van der Waals surface area contributed by atoms with E-state index >= 15 is 0 Å². The first kappa shape index (κ1) is 17.6. The number of anilines is 1. The van der Waals surface area contributed by atoms with Crippen LogP contribution in [0, 0.1) is 5.82 Å². The van der Waals surface area contributed by atoms with Gasteiger partial charge in [0.2, 0.25) is 10.0 Å². The number of nitrogens with one attached hydrogen (secondary N) is 1. The lowest BCUT2D eigenvalue weighted by molar-refractivity contribution is 0.102. The summed E-state index contributed by atoms with van der Waals surface area (Å²) in [6.45, 7) is 0. The fourth-order valence-corrected chi connectivity index (χ4v) is 3.12. The predicted molar refractivity (Wildman–Crippen MR) is 89.4 cm³/mol. The van der Waals surface area contributed by atoms with Crippen molar-refractivity contribution in [3.8, 4) is 0 Å². The molecule has 1 N–H and O–H groups in total. The van der Waals surface area contributed by atoms with Crippen LogP contribution in [-0.4, -0.2) is 32.7 Å². The summed E-state index contributed by atoms with van der Waals surface area (Å²) in [5.74, 6) is -1.02. The van der Waals surface area contributed by atoms with Gasteiger partial charge >= 0.3 is 0 Å². The number of amides is 1. The molecule has 2 aromatic carbocycles. The number of carbonyl (C=O) groups is 1. The molecule has 0 bridgehead atoms. The third kappa shape index (κ3) is 3.95. The standard InChI is InChI=1S/C15H14BrFN2O3S/c1-19(2)23(21,22)12-6-4-11(5-7-12)18-15(20)13-9-10(17)3-8-14(13)16/h3-9H,1-2H3,(H,18,20). The molecule has 0 fully saturated rings. The molecule has 0 saturated carbocycles. The van der Waals surface area contributed by atoms with E-state index in [0.717, 1.165) is 10.4 Å². The van der Waals surface area contributed by atoms with Crippen LogP contribution in [0.1, 0.15) is 10.4 Å². The minimum absolute atomic E-state index is 0.118. The first-order valence-electron chi connectivity index (χ1n) is 6.51. The molecule has 23 heavy (non-hydrogen) atoms. The Morgan fingerprint density at radius 2 is 1.74 bits per heavy atom. The van der Waals surface area contributed by atoms with Crippen LogP contribution in [0.2, 0.25) is 0 Å². The third-order valence-electron chi connectivity index (χ3n) is 3.06. The van der Waals surface area contributed by atoms with Gasteiger partial charge in [-0.25, -0.2) is 17.1 Å². The average Bonchev–Trinajstić information content (AvgIpc) is 2.50. The highest BCUT2D eigenvalue weighted by atomic mass is 79.9. The SMILES string of the molecule is CN(C)S(=O)(=O)c1ccc(NC(=O)c2cc(F)ccc2Br)cc1. The highest BCUT2D eigenvalue weighted by molar-refractivity contribution is 9.10. The molecule has 0 aromatic heterocycles. The van der Waals surface area contributed by atoms with Crippen molar-refractivity contribution in [2.24, 2.45) is 0 Å². The molecule has 0 aliphatic carbocycles. The molecule has 8 heteroatoms. The third-order valence-corrected chi connectivity index (χ3v) is 5.58. The summed E-state index contributed by atoms with van der Waals surface area (Å²) in [6.07, 6.45) is 0. The summed E-state index contributed by atoms with van der Waals surface area (Å²) in [6, 6.07) is 9.53. The van der Waals surface area contributed by atoms with E-state index in [1.54, 1.807) is 0 Å². The van der Waals surface area contributed by atoms with Crippen molar-refractivity contribution in [2.75, 3.05) is 19.4 Å². The highest BCUT2D eigenvalue weighted by Gasteiger charge is 2.17. The van der Waals surface area contributed by atoms with E-state index in [0.29, 0.717) is 10.2 Å². The average molecular weight is 401 g/mol. The summed E-state index contributed by atoms with van der Waals surface area (Å²) in [4.78, 5) is 12.3. The molecule has 5 nitrogen and oxygen atoms in total. The molecule has 0 aliphatic rings. The molecule has 0 atom stereocenters. The van der Waals surface area contributed by atoms with E-state index in [9.17, 15) is 17.6 Å². The maximum atomic E-state index is 13.2. The second-order valence-electron chi connectivity index (χ2n) is 4.89. The number of halogens is 2. The molecule has 122 valence electrons. The molecular weight excluding hydrogens is 387 g/mol. The Balaban J connectivity index is 2.21. The van der Waals surface area contributed by atoms with E-state index < -0.39 is 21.7 Å². The van der Waals surface area contributed by atoms with Gasteiger partial charge in [0.15, 0.2) is 0 Å². The number of benzene rings is 2. The Morgan fingerprint density at radius 3 is 2.30 bits per heavy atom. The Hall–Kier alpha value is -1.77. The van der Waals surface area contributed by atoms with Crippen molar-refractivity contribution in [3.63, 3.8) is 0 Å². The lowest BCUT2D eigenvalue weighted by atomic mass is 10.2. The van der Waals surface area contributed by atoms with Crippen molar-refractivity contribution in [1.29, 1.82) is 0 Å². The molecule has 2 aromatic rings. The molecule has 0 heterocycles. The number of carbonyl (C=O) groups excluding carboxylic acids is 1. The van der Waals surface area contributed by atoms with Crippen LogP contribution in [0.3, 0.4) is 0 Å². The minimum atomic E-state index is -3.52. The zero-order valence-corrected chi connectivity index (χ0v) is 14.8. The van der Waals surface area contributed by atoms with Crippen molar-refractivity contribution in [1.82, 2.24) is 4.31 Å². The number of hydrogen-bond acceptors (Lipinski definition) is 3. The zero-order chi connectivity index (χ0) is 17.2. The molecule has 0 radical (unpaired) electrons. The van der Waals surface area contributed by atoms with E-state index in [4.69, 9.17) is 0 Å². The molecule has 0 unspecified atom stereocenters. The second-order valence-corrected chi connectivity index (χ2v) is 7.90. The summed E-state index contributed by atoms with van der Waals surface area (Å²) in [7, 11) is -0.649. The molecule has 0 spiro atoms. The topological polar surface area (TPSA) is 66.5 Å². The van der Waals surface area contributed by atoms with Crippen LogP contribution in [-0.2, 0) is 10.0 Å². The first-order valence-corrected chi connectivity index (χ1v) is 8.74. The van der Waals surface area contributed by atoms with Gasteiger partial charge in [0.1, 0.15) is 5.82 Å². The largest absolute Gasteiger partial charge is 0.322 e. The number of rotatable bonds is 4. The summed E-state index contributed by atoms with van der Waals surface area (Å²) in [5.41, 5.74) is 0.554. The lowest BCUT2D eigenvalue weighted by Gasteiger charge is -2.12. The van der Waals surface area contributed by atoms with E-state index in [1.165, 1.54) is 50.5 Å². The van der Waals surface area contributed by atoms with E-state index in [1.807, 2.05) is 0 Å². The maximum absolute atomic E-state index is 13.2. The Bertz CT molecular complexity index is 836. The lowest BCUT2D eigenvalue weighted by Crippen LogP contribution is -2.22. The Kier molecular flexibility index (Phi) is 5.18. The van der Waals surface area contributed by atoms with Gasteiger partial charge in [-0.1, -0.05) is 0 Å². The quantitative estimate of drug-likeness (QED) is 0.857. The normalized spacial score (nSPS) is 11.5.